The van der Waals surface area contributed by atoms with Gasteiger partial charge in [-0.1, -0.05) is 115 Å². The molecule has 0 bridgehead atoms. The van der Waals surface area contributed by atoms with Gasteiger partial charge in [-0.2, -0.15) is 0 Å². The Labute approximate surface area is 223 Å². The van der Waals surface area contributed by atoms with Crippen LogP contribution in [0.5, 0.6) is 0 Å². The third kappa shape index (κ3) is 3.23. The van der Waals surface area contributed by atoms with Crippen LogP contribution in [-0.4, -0.2) is 0 Å². The van der Waals surface area contributed by atoms with E-state index in [1.165, 1.54) is 54.6 Å². The number of fused-ring (bicyclic) bond motifs is 5. The summed E-state index contributed by atoms with van der Waals surface area (Å²) in [4.78, 5) is 4.83. The second-order valence-electron chi connectivity index (χ2n) is 8.57. The third-order valence-corrected chi connectivity index (χ3v) is 6.71. The van der Waals surface area contributed by atoms with Crippen LogP contribution in [0.1, 0.15) is 0 Å². The van der Waals surface area contributed by atoms with Gasteiger partial charge >= 0.3 is 0 Å². The molecule has 7 aromatic rings. The normalized spacial score (nSPS) is 11.3. The molecule has 0 spiro atoms. The number of nitrogens with zero attached hydrogens (tertiary/aromatic N) is 1. The van der Waals surface area contributed by atoms with Gasteiger partial charge in [-0.15, -0.1) is 11.0 Å². The summed E-state index contributed by atoms with van der Waals surface area (Å²) in [6.45, 7) is 0. The average molecular weight is 507 g/mol. The molecule has 0 aliphatic heterocycles. The van der Waals surface area contributed by atoms with Gasteiger partial charge in [0.25, 0.3) is 0 Å². The topological polar surface area (TPSA) is 14.1 Å². The van der Waals surface area contributed by atoms with E-state index in [9.17, 15) is 0 Å². The Hall–Kier alpha value is -3.26. The van der Waals surface area contributed by atoms with E-state index in [-0.39, 0.29) is 32.7 Å². The van der Waals surface area contributed by atoms with Gasteiger partial charge in [-0.05, 0) is 60.6 Å². The molecule has 0 unspecified atom stereocenters. The van der Waals surface area contributed by atoms with Gasteiger partial charge < -0.3 is 4.98 Å². The zero-order valence-electron chi connectivity index (χ0n) is 18.6. The number of rotatable bonds is 2. The predicted molar refractivity (Wildman–Crippen MR) is 141 cm³/mol. The minimum Gasteiger partial charge on any atom is -0.657 e. The Morgan fingerprint density at radius 3 is 1.44 bits per heavy atom. The van der Waals surface area contributed by atoms with Crippen molar-refractivity contribution in [1.82, 2.24) is 4.98 Å². The summed E-state index contributed by atoms with van der Waals surface area (Å²) in [6, 6.07) is 43.5. The number of benzene rings is 6. The molecule has 6 aromatic carbocycles. The molecule has 0 amide bonds. The van der Waals surface area contributed by atoms with E-state index in [0.717, 1.165) is 11.0 Å². The molecule has 7 rings (SSSR count). The molecular formula is C32H20NY-. The molecule has 157 valence electrons. The van der Waals surface area contributed by atoms with Gasteiger partial charge in [0.15, 0.2) is 0 Å². The van der Waals surface area contributed by atoms with E-state index in [4.69, 9.17) is 4.98 Å². The molecule has 34 heavy (non-hydrogen) atoms. The van der Waals surface area contributed by atoms with E-state index in [2.05, 4.69) is 121 Å². The Bertz CT molecular complexity index is 1760. The summed E-state index contributed by atoms with van der Waals surface area (Å²) < 4.78 is 0. The molecule has 1 radical (unpaired) electrons. The van der Waals surface area contributed by atoms with E-state index in [1.807, 2.05) is 0 Å². The van der Waals surface area contributed by atoms with Crippen LogP contribution in [0.2, 0.25) is 0 Å². The van der Waals surface area contributed by atoms with E-state index < -0.39 is 0 Å². The zero-order chi connectivity index (χ0) is 21.8. The largest absolute Gasteiger partial charge is 0.657 e. The Balaban J connectivity index is 0.00000217. The molecule has 0 saturated carbocycles. The summed E-state index contributed by atoms with van der Waals surface area (Å²) in [6.07, 6.45) is 0. The van der Waals surface area contributed by atoms with Crippen LogP contribution in [0.25, 0.3) is 65.6 Å². The fourth-order valence-electron chi connectivity index (χ4n) is 5.29. The Kier molecular flexibility index (Phi) is 5.33. The van der Waals surface area contributed by atoms with Crippen molar-refractivity contribution in [2.75, 3.05) is 0 Å². The minimum absolute atomic E-state index is 0. The van der Waals surface area contributed by atoms with Crippen molar-refractivity contribution in [1.29, 1.82) is 0 Å². The summed E-state index contributed by atoms with van der Waals surface area (Å²) in [5.74, 6) is 0. The molecule has 0 aliphatic rings. The summed E-state index contributed by atoms with van der Waals surface area (Å²) in [5.41, 5.74) is 7.17. The average Bonchev–Trinajstić information content (AvgIpc) is 3.25. The number of hydrogen-bond acceptors (Lipinski definition) is 0. The van der Waals surface area contributed by atoms with Gasteiger partial charge in [-0.25, -0.2) is 0 Å². The molecule has 1 aromatic heterocycles. The SMILES string of the molecule is [Y].c1ccc(-c2c3ccccc3c(-c3ccc4[n-]c5ccccc5c4c3)c3ccccc23)cc1. The van der Waals surface area contributed by atoms with Crippen molar-refractivity contribution in [3.8, 4) is 22.3 Å². The monoisotopic (exact) mass is 507 g/mol. The summed E-state index contributed by atoms with van der Waals surface area (Å²) in [5, 5.41) is 7.54. The van der Waals surface area contributed by atoms with Crippen LogP contribution in [0.3, 0.4) is 0 Å². The van der Waals surface area contributed by atoms with E-state index >= 15 is 0 Å². The molecule has 1 nitrogen and oxygen atoms in total. The first-order chi connectivity index (χ1) is 16.4. The maximum Gasteiger partial charge on any atom is 0 e. The molecule has 0 saturated heterocycles. The third-order valence-electron chi connectivity index (χ3n) is 6.71. The minimum atomic E-state index is 0. The zero-order valence-corrected chi connectivity index (χ0v) is 21.4. The molecule has 1 heterocycles. The van der Waals surface area contributed by atoms with Gasteiger partial charge in [0.2, 0.25) is 0 Å². The first kappa shape index (κ1) is 21.3. The molecule has 0 atom stereocenters. The first-order valence-corrected chi connectivity index (χ1v) is 11.3. The second kappa shape index (κ2) is 8.51. The summed E-state index contributed by atoms with van der Waals surface area (Å²) >= 11 is 0. The van der Waals surface area contributed by atoms with Crippen LogP contribution in [0.15, 0.2) is 121 Å². The van der Waals surface area contributed by atoms with Crippen molar-refractivity contribution < 1.29 is 32.7 Å². The smallest absolute Gasteiger partial charge is 0 e. The van der Waals surface area contributed by atoms with Gasteiger partial charge in [0, 0.05) is 32.7 Å². The van der Waals surface area contributed by atoms with E-state index in [1.54, 1.807) is 0 Å². The van der Waals surface area contributed by atoms with Crippen molar-refractivity contribution in [3.63, 3.8) is 0 Å². The van der Waals surface area contributed by atoms with Gasteiger partial charge in [-0.3, -0.25) is 0 Å². The van der Waals surface area contributed by atoms with Gasteiger partial charge in [0.1, 0.15) is 0 Å². The van der Waals surface area contributed by atoms with Crippen LogP contribution in [0.4, 0.5) is 0 Å². The fraction of sp³-hybridized carbons (Fsp3) is 0. The van der Waals surface area contributed by atoms with Crippen LogP contribution in [-0.2, 0) is 32.7 Å². The molecule has 0 aliphatic carbocycles. The number of hydrogen-bond donors (Lipinski definition) is 0. The van der Waals surface area contributed by atoms with Gasteiger partial charge in [0.05, 0.1) is 0 Å². The van der Waals surface area contributed by atoms with Crippen molar-refractivity contribution in [2.45, 2.75) is 0 Å². The maximum absolute atomic E-state index is 4.83. The standard InChI is InChI=1S/C32H20N.Y/c1-2-10-21(11-3-1)31-24-13-4-6-15-26(24)32(27-16-7-5-14-25(27)31)22-18-19-30-28(20-22)23-12-8-9-17-29(23)33-30;/h1-20H;/q-1;. The van der Waals surface area contributed by atoms with Crippen LogP contribution >= 0.6 is 0 Å². The van der Waals surface area contributed by atoms with Crippen LogP contribution < -0.4 is 4.98 Å². The molecule has 0 N–H and O–H groups in total. The summed E-state index contributed by atoms with van der Waals surface area (Å²) in [7, 11) is 0. The molecular weight excluding hydrogens is 487 g/mol. The Morgan fingerprint density at radius 2 is 0.824 bits per heavy atom. The Morgan fingerprint density at radius 1 is 0.353 bits per heavy atom. The number of para-hydroxylation sites is 1. The molecule has 0 fully saturated rings. The maximum atomic E-state index is 4.83. The quantitative estimate of drug-likeness (QED) is 0.214. The molecule has 2 heteroatoms. The fourth-order valence-corrected chi connectivity index (χ4v) is 5.29. The second-order valence-corrected chi connectivity index (χ2v) is 8.57. The first-order valence-electron chi connectivity index (χ1n) is 11.3. The predicted octanol–water partition coefficient (Wildman–Crippen LogP) is 8.59. The van der Waals surface area contributed by atoms with E-state index in [0.29, 0.717) is 0 Å². The number of aromatic nitrogens is 1. The van der Waals surface area contributed by atoms with Crippen LogP contribution in [0, 0.1) is 0 Å². The van der Waals surface area contributed by atoms with Crippen molar-refractivity contribution >= 4 is 43.4 Å². The van der Waals surface area contributed by atoms with Crippen molar-refractivity contribution in [3.05, 3.63) is 121 Å². The van der Waals surface area contributed by atoms with Crippen molar-refractivity contribution in [2.24, 2.45) is 0 Å².